The summed E-state index contributed by atoms with van der Waals surface area (Å²) >= 11 is 0. The lowest BCUT2D eigenvalue weighted by molar-refractivity contribution is 0.660. The molecule has 0 saturated carbocycles. The Kier molecular flexibility index (Phi) is 7.39. The predicted molar refractivity (Wildman–Crippen MR) is 260 cm³/mol. The molecule has 2 heterocycles. The molecule has 1 unspecified atom stereocenters. The van der Waals surface area contributed by atoms with E-state index in [-0.39, 0.29) is 11.6 Å². The van der Waals surface area contributed by atoms with Gasteiger partial charge in [-0.25, -0.2) is 9.98 Å². The van der Waals surface area contributed by atoms with Crippen molar-refractivity contribution < 1.29 is 0 Å². The van der Waals surface area contributed by atoms with Gasteiger partial charge in [-0.15, -0.1) is 0 Å². The van der Waals surface area contributed by atoms with E-state index in [0.29, 0.717) is 5.84 Å². The highest BCUT2D eigenvalue weighted by atomic mass is 15.2. The van der Waals surface area contributed by atoms with Gasteiger partial charge in [0.2, 0.25) is 0 Å². The first kappa shape index (κ1) is 35.0. The Morgan fingerprint density at radius 1 is 0.468 bits per heavy atom. The van der Waals surface area contributed by atoms with Gasteiger partial charge in [0.1, 0.15) is 12.0 Å². The number of rotatable bonds is 4. The van der Waals surface area contributed by atoms with Crippen LogP contribution in [0.3, 0.4) is 0 Å². The molecule has 13 rings (SSSR count). The number of aromatic nitrogens is 1. The Morgan fingerprint density at radius 3 is 1.95 bits per heavy atom. The molecule has 0 amide bonds. The zero-order valence-electron chi connectivity index (χ0n) is 34.4. The van der Waals surface area contributed by atoms with E-state index in [9.17, 15) is 0 Å². The monoisotopic (exact) mass is 792 g/mol. The van der Waals surface area contributed by atoms with E-state index in [0.717, 1.165) is 27.9 Å². The van der Waals surface area contributed by atoms with Crippen LogP contribution in [0.1, 0.15) is 47.8 Å². The lowest BCUT2D eigenvalue weighted by atomic mass is 9.82. The molecule has 1 atom stereocenters. The second-order valence-electron chi connectivity index (χ2n) is 17.3. The Labute approximate surface area is 359 Å². The zero-order valence-corrected chi connectivity index (χ0v) is 34.4. The van der Waals surface area contributed by atoms with E-state index in [4.69, 9.17) is 9.98 Å². The SMILES string of the molecule is CC1(C)c2ccccc2-c2ccc(-n3c4c5ccccc5ccc4c4c5c6ccccc6c(C6=NC(c7ccccc7)NC(c7ccccc7)=N6)cc5c5ccccc5c43)cc21. The number of fused-ring (bicyclic) bond motifs is 15. The van der Waals surface area contributed by atoms with Crippen molar-refractivity contribution in [2.24, 2.45) is 9.98 Å². The molecule has 4 nitrogen and oxygen atoms in total. The van der Waals surface area contributed by atoms with Gasteiger partial charge in [-0.3, -0.25) is 0 Å². The van der Waals surface area contributed by atoms with Gasteiger partial charge in [-0.05, 0) is 72.9 Å². The standard InChI is InChI=1S/C58H40N4/c1-58(2)49-28-16-15-25-42(49)43-32-30-38(33-50(43)58)62-53-39-22-10-9-17-35(39)29-31-46(53)52-51-44-26-13-11-23-40(44)48(34-47(51)41-24-12-14-27-45(41)54(52)62)57-60-55(36-18-5-3-6-19-36)59-56(61-57)37-20-7-4-8-21-37/h3-34,55H,1-2H3,(H,59,60,61). The smallest absolute Gasteiger partial charge is 0.160 e. The minimum Gasteiger partial charge on any atom is -0.344 e. The van der Waals surface area contributed by atoms with Crippen molar-refractivity contribution in [3.8, 4) is 16.8 Å². The first-order valence-corrected chi connectivity index (χ1v) is 21.5. The van der Waals surface area contributed by atoms with Crippen LogP contribution in [0.25, 0.3) is 81.7 Å². The first-order valence-electron chi connectivity index (χ1n) is 21.5. The Hall–Kier alpha value is -7.82. The molecule has 4 heteroatoms. The fourth-order valence-electron chi connectivity index (χ4n) is 10.7. The molecule has 10 aromatic carbocycles. The van der Waals surface area contributed by atoms with Crippen LogP contribution < -0.4 is 5.32 Å². The largest absolute Gasteiger partial charge is 0.344 e. The summed E-state index contributed by atoms with van der Waals surface area (Å²) < 4.78 is 2.58. The summed E-state index contributed by atoms with van der Waals surface area (Å²) in [6.07, 6.45) is -0.302. The van der Waals surface area contributed by atoms with E-state index in [1.165, 1.54) is 87.5 Å². The maximum Gasteiger partial charge on any atom is 0.160 e. The van der Waals surface area contributed by atoms with Crippen LogP contribution in [-0.2, 0) is 5.41 Å². The van der Waals surface area contributed by atoms with Gasteiger partial charge in [0.25, 0.3) is 0 Å². The highest BCUT2D eigenvalue weighted by Crippen LogP contribution is 2.51. The number of nitrogens with one attached hydrogen (secondary N) is 1. The van der Waals surface area contributed by atoms with Crippen LogP contribution in [0, 0.1) is 0 Å². The highest BCUT2D eigenvalue weighted by Gasteiger charge is 2.36. The molecule has 0 saturated heterocycles. The summed E-state index contributed by atoms with van der Waals surface area (Å²) in [7, 11) is 0. The third kappa shape index (κ3) is 4.95. The summed E-state index contributed by atoms with van der Waals surface area (Å²) in [5.41, 5.74) is 12.0. The van der Waals surface area contributed by atoms with Crippen molar-refractivity contribution in [2.45, 2.75) is 25.4 Å². The average molecular weight is 793 g/mol. The number of hydrogen-bond acceptors (Lipinski definition) is 3. The van der Waals surface area contributed by atoms with Crippen molar-refractivity contribution in [3.05, 3.63) is 222 Å². The Balaban J connectivity index is 1.16. The number of aliphatic imine (C=N–C) groups is 2. The van der Waals surface area contributed by atoms with Crippen LogP contribution >= 0.6 is 0 Å². The van der Waals surface area contributed by atoms with Gasteiger partial charge in [-0.1, -0.05) is 190 Å². The van der Waals surface area contributed by atoms with Crippen LogP contribution in [-0.4, -0.2) is 16.2 Å². The topological polar surface area (TPSA) is 41.7 Å². The summed E-state index contributed by atoms with van der Waals surface area (Å²) in [5, 5.41) is 15.8. The lowest BCUT2D eigenvalue weighted by Crippen LogP contribution is -2.33. The number of hydrogen-bond donors (Lipinski definition) is 1. The second-order valence-corrected chi connectivity index (χ2v) is 17.3. The van der Waals surface area contributed by atoms with Crippen LogP contribution in [0.4, 0.5) is 0 Å². The molecule has 0 fully saturated rings. The molecule has 292 valence electrons. The molecular formula is C58H40N4. The van der Waals surface area contributed by atoms with E-state index < -0.39 is 0 Å². The van der Waals surface area contributed by atoms with Gasteiger partial charge >= 0.3 is 0 Å². The van der Waals surface area contributed by atoms with Crippen molar-refractivity contribution >= 4 is 76.6 Å². The van der Waals surface area contributed by atoms with E-state index in [1.807, 2.05) is 6.07 Å². The zero-order chi connectivity index (χ0) is 41.1. The molecule has 0 bridgehead atoms. The van der Waals surface area contributed by atoms with Crippen molar-refractivity contribution in [1.29, 1.82) is 0 Å². The summed E-state index contributed by atoms with van der Waals surface area (Å²) in [6, 6.07) is 70.7. The fourth-order valence-corrected chi connectivity index (χ4v) is 10.7. The van der Waals surface area contributed by atoms with E-state index >= 15 is 0 Å². The van der Waals surface area contributed by atoms with Gasteiger partial charge in [0.15, 0.2) is 5.84 Å². The molecule has 1 aliphatic carbocycles. The number of nitrogens with zero attached hydrogens (tertiary/aromatic N) is 3. The second kappa shape index (κ2) is 13.1. The molecule has 0 radical (unpaired) electrons. The molecule has 62 heavy (non-hydrogen) atoms. The summed E-state index contributed by atoms with van der Waals surface area (Å²) in [6.45, 7) is 4.74. The lowest BCUT2D eigenvalue weighted by Gasteiger charge is -2.24. The molecule has 1 N–H and O–H groups in total. The molecule has 0 spiro atoms. The normalized spacial score (nSPS) is 15.5. The molecule has 2 aliphatic rings. The highest BCUT2D eigenvalue weighted by molar-refractivity contribution is 6.39. The quantitative estimate of drug-likeness (QED) is 0.177. The van der Waals surface area contributed by atoms with Crippen LogP contribution in [0.15, 0.2) is 204 Å². The van der Waals surface area contributed by atoms with Gasteiger partial charge in [-0.2, -0.15) is 0 Å². The minimum absolute atomic E-state index is 0.135. The average Bonchev–Trinajstić information content (AvgIpc) is 3.80. The fraction of sp³-hybridized carbons (Fsp3) is 0.0690. The van der Waals surface area contributed by atoms with Crippen molar-refractivity contribution in [1.82, 2.24) is 9.88 Å². The third-order valence-electron chi connectivity index (χ3n) is 13.6. The molecule has 11 aromatic rings. The number of benzene rings is 10. The third-order valence-corrected chi connectivity index (χ3v) is 13.6. The van der Waals surface area contributed by atoms with E-state index in [1.54, 1.807) is 0 Å². The molecule has 1 aliphatic heterocycles. The Bertz CT molecular complexity index is 3740. The first-order chi connectivity index (χ1) is 30.5. The van der Waals surface area contributed by atoms with Gasteiger partial charge in [0.05, 0.1) is 11.0 Å². The van der Waals surface area contributed by atoms with Crippen LogP contribution in [0.5, 0.6) is 0 Å². The minimum atomic E-state index is -0.302. The predicted octanol–water partition coefficient (Wildman–Crippen LogP) is 14.2. The molecule has 1 aromatic heterocycles. The Morgan fingerprint density at radius 2 is 1.13 bits per heavy atom. The van der Waals surface area contributed by atoms with Crippen LogP contribution in [0.2, 0.25) is 0 Å². The maximum atomic E-state index is 5.39. The summed E-state index contributed by atoms with van der Waals surface area (Å²) in [5.74, 6) is 1.53. The van der Waals surface area contributed by atoms with E-state index in [2.05, 4.69) is 212 Å². The van der Waals surface area contributed by atoms with Crippen molar-refractivity contribution in [3.63, 3.8) is 0 Å². The van der Waals surface area contributed by atoms with Crippen molar-refractivity contribution in [2.75, 3.05) is 0 Å². The summed E-state index contributed by atoms with van der Waals surface area (Å²) in [4.78, 5) is 10.7. The number of amidine groups is 2. The van der Waals surface area contributed by atoms with Gasteiger partial charge in [0, 0.05) is 49.2 Å². The maximum absolute atomic E-state index is 5.39. The molecular weight excluding hydrogens is 753 g/mol. The van der Waals surface area contributed by atoms with Gasteiger partial charge < -0.3 is 9.88 Å².